The fourth-order valence-electron chi connectivity index (χ4n) is 10.0. The molecule has 0 radical (unpaired) electrons. The minimum absolute atomic E-state index is 0. The number of hydrogen-bond acceptors (Lipinski definition) is 0. The van der Waals surface area contributed by atoms with Gasteiger partial charge < -0.3 is 24.8 Å². The Bertz CT molecular complexity index is 2340. The van der Waals surface area contributed by atoms with Gasteiger partial charge in [-0.1, -0.05) is 165 Å². The van der Waals surface area contributed by atoms with Crippen molar-refractivity contribution >= 4 is 96.0 Å². The maximum atomic E-state index is 2.44. The van der Waals surface area contributed by atoms with Crippen LogP contribution in [0.15, 0.2) is 146 Å². The summed E-state index contributed by atoms with van der Waals surface area (Å²) in [6.45, 7) is 28.2. The van der Waals surface area contributed by atoms with E-state index in [4.69, 9.17) is 0 Å². The van der Waals surface area contributed by atoms with Crippen molar-refractivity contribution in [3.05, 3.63) is 146 Å². The molecule has 0 spiro atoms. The number of unbranched alkanes of at least 4 members (excludes halogenated alkanes) is 4. The third-order valence-corrected chi connectivity index (χ3v) is 27.5. The normalized spacial score (nSPS) is 13.3. The van der Waals surface area contributed by atoms with Crippen molar-refractivity contribution in [1.82, 2.24) is 0 Å². The molecular formula is C68H96Cl2P4Zr2-2. The molecule has 0 aromatic heterocycles. The van der Waals surface area contributed by atoms with Crippen LogP contribution in [-0.2, 0) is 52.4 Å². The van der Waals surface area contributed by atoms with E-state index in [9.17, 15) is 0 Å². The maximum Gasteiger partial charge on any atom is 2.00 e. The predicted molar refractivity (Wildman–Crippen MR) is 342 cm³/mol. The molecule has 8 aromatic carbocycles. The van der Waals surface area contributed by atoms with E-state index in [1.165, 1.54) is 145 Å². The second kappa shape index (κ2) is 40.6. The van der Waals surface area contributed by atoms with Gasteiger partial charge in [-0.2, -0.15) is 24.3 Å². The van der Waals surface area contributed by atoms with Crippen LogP contribution in [0.25, 0.3) is 43.1 Å². The van der Waals surface area contributed by atoms with Gasteiger partial charge in [-0.3, -0.25) is 0 Å². The molecule has 4 atom stereocenters. The van der Waals surface area contributed by atoms with Crippen LogP contribution in [0.5, 0.6) is 0 Å². The molecule has 0 aliphatic heterocycles. The standard InChI is InChI=1S/4C17H24P.2ClH.2Zr/c2*1-5-13(3)18(14(4)6-2)17-11-15-9-7-8-10-16(15)12-17;2*1-3-5-11-18(12-6-4-2)17-13-15-9-7-8-10-16(15)14-17;;;;/h2*7-14H,5-6H2,1-4H3;2*7-10,13-14H,3-6,11-12H2,1-2H3;2*1H;;/q4*-1;;;2*+2/p-2. The van der Waals surface area contributed by atoms with Crippen molar-refractivity contribution in [3.8, 4) is 0 Å². The second-order valence-electron chi connectivity index (χ2n) is 20.6. The molecule has 8 aromatic rings. The third-order valence-electron chi connectivity index (χ3n) is 15.1. The largest absolute Gasteiger partial charge is 2.00 e. The molecule has 0 bridgehead atoms. The minimum Gasteiger partial charge on any atom is -1.00 e. The van der Waals surface area contributed by atoms with Gasteiger partial charge in [0.05, 0.1) is 0 Å². The Morgan fingerprint density at radius 3 is 0.750 bits per heavy atom. The van der Waals surface area contributed by atoms with Gasteiger partial charge in [0.25, 0.3) is 0 Å². The van der Waals surface area contributed by atoms with E-state index in [1.54, 1.807) is 21.2 Å². The molecule has 0 amide bonds. The van der Waals surface area contributed by atoms with Crippen LogP contribution < -0.4 is 46.0 Å². The Hall–Kier alpha value is -0.614. The van der Waals surface area contributed by atoms with Gasteiger partial charge in [0, 0.05) is 0 Å². The number of halogens is 2. The van der Waals surface area contributed by atoms with Crippen molar-refractivity contribution < 1.29 is 77.2 Å². The molecule has 0 saturated heterocycles. The van der Waals surface area contributed by atoms with E-state index < -0.39 is 0 Å². The molecule has 4 unspecified atom stereocenters. The Balaban J connectivity index is 0.000000498. The summed E-state index contributed by atoms with van der Waals surface area (Å²) >= 11 is 0. The minimum atomic E-state index is -0.0252. The first-order valence-corrected chi connectivity index (χ1v) is 35.1. The van der Waals surface area contributed by atoms with Crippen LogP contribution in [-0.4, -0.2) is 47.3 Å². The molecule has 0 aliphatic carbocycles. The van der Waals surface area contributed by atoms with Crippen LogP contribution in [0, 0.1) is 0 Å². The Morgan fingerprint density at radius 1 is 0.329 bits per heavy atom. The van der Waals surface area contributed by atoms with Gasteiger partial charge in [0.1, 0.15) is 0 Å². The molecule has 0 heterocycles. The van der Waals surface area contributed by atoms with Crippen LogP contribution in [0.3, 0.4) is 0 Å². The number of hydrogen-bond donors (Lipinski definition) is 0. The number of rotatable bonds is 24. The zero-order valence-electron chi connectivity index (χ0n) is 49.0. The molecular weight excluding hydrogens is 1190 g/mol. The smallest absolute Gasteiger partial charge is 1.00 e. The SMILES string of the molecule is CCC(C)P(c1cc2ccccc2[cH-]1)C(C)CC.CCC(C)P(c1cc2ccccc2[cH-]1)C(C)CC.CCCCP(CCCC)c1cc2ccccc2[cH-]1.CCCCP(CCCC)c1cc2ccccc2[cH-]1.[Cl-].[Cl-].[Zr+2].[Zr+2]. The maximum absolute atomic E-state index is 2.44. The Labute approximate surface area is 521 Å². The quantitative estimate of drug-likeness (QED) is 0.0418. The molecule has 76 heavy (non-hydrogen) atoms. The van der Waals surface area contributed by atoms with E-state index in [0.29, 0.717) is 0 Å². The summed E-state index contributed by atoms with van der Waals surface area (Å²) in [4.78, 5) is 0. The van der Waals surface area contributed by atoms with E-state index in [1.807, 2.05) is 0 Å². The molecule has 8 rings (SSSR count). The van der Waals surface area contributed by atoms with Crippen molar-refractivity contribution in [3.63, 3.8) is 0 Å². The summed E-state index contributed by atoms with van der Waals surface area (Å²) in [5.74, 6) is 0. The van der Waals surface area contributed by atoms with Crippen LogP contribution >= 0.6 is 31.7 Å². The first-order chi connectivity index (χ1) is 35.0. The fourth-order valence-corrected chi connectivity index (χ4v) is 22.1. The molecule has 0 fully saturated rings. The molecule has 8 heteroatoms. The summed E-state index contributed by atoms with van der Waals surface area (Å²) in [6, 6.07) is 54.5. The van der Waals surface area contributed by atoms with E-state index in [0.717, 1.165) is 22.6 Å². The van der Waals surface area contributed by atoms with Gasteiger partial charge in [0.15, 0.2) is 0 Å². The summed E-state index contributed by atoms with van der Waals surface area (Å²) < 4.78 is 0. The van der Waals surface area contributed by atoms with Gasteiger partial charge in [-0.05, 0) is 98.7 Å². The van der Waals surface area contributed by atoms with Crippen molar-refractivity contribution in [1.29, 1.82) is 0 Å². The number of benzene rings is 4. The number of fused-ring (bicyclic) bond motifs is 4. The first kappa shape index (κ1) is 73.4. The Kier molecular flexibility index (Phi) is 39.2. The van der Waals surface area contributed by atoms with Gasteiger partial charge in [0.2, 0.25) is 0 Å². The fraction of sp³-hybridized carbons (Fsp3) is 0.471. The summed E-state index contributed by atoms with van der Waals surface area (Å²) in [5, 5.41) is 17.8. The third kappa shape index (κ3) is 22.3. The average Bonchev–Trinajstić information content (AvgIpc) is 4.24. The van der Waals surface area contributed by atoms with Crippen LogP contribution in [0.2, 0.25) is 0 Å². The Morgan fingerprint density at radius 2 is 0.539 bits per heavy atom. The van der Waals surface area contributed by atoms with E-state index in [-0.39, 0.29) is 109 Å². The summed E-state index contributed by atoms with van der Waals surface area (Å²) in [6.07, 6.45) is 21.7. The van der Waals surface area contributed by atoms with Crippen molar-refractivity contribution in [2.75, 3.05) is 24.6 Å². The van der Waals surface area contributed by atoms with Crippen LogP contribution in [0.4, 0.5) is 0 Å². The molecule has 0 nitrogen and oxygen atoms in total. The van der Waals surface area contributed by atoms with Gasteiger partial charge >= 0.3 is 52.4 Å². The van der Waals surface area contributed by atoms with E-state index >= 15 is 0 Å². The second-order valence-corrected chi connectivity index (χ2v) is 31.8. The zero-order chi connectivity index (χ0) is 51.8. The van der Waals surface area contributed by atoms with Gasteiger partial charge in [-0.25, -0.2) is 0 Å². The zero-order valence-corrected chi connectivity index (χ0v) is 59.0. The topological polar surface area (TPSA) is 0 Å². The van der Waals surface area contributed by atoms with Crippen molar-refractivity contribution in [2.45, 2.75) is 183 Å². The first-order valence-electron chi connectivity index (χ1n) is 28.7. The molecule has 0 N–H and O–H groups in total. The summed E-state index contributed by atoms with van der Waals surface area (Å²) in [7, 11) is 0.121. The molecule has 0 saturated carbocycles. The molecule has 0 aliphatic rings. The van der Waals surface area contributed by atoms with E-state index in [2.05, 4.69) is 229 Å². The summed E-state index contributed by atoms with van der Waals surface area (Å²) in [5.41, 5.74) is 3.30. The predicted octanol–water partition coefficient (Wildman–Crippen LogP) is 15.1. The van der Waals surface area contributed by atoms with Crippen LogP contribution in [0.1, 0.15) is 160 Å². The average molecular weight is 1290 g/mol. The van der Waals surface area contributed by atoms with Crippen molar-refractivity contribution in [2.24, 2.45) is 0 Å². The molecule has 412 valence electrons. The monoisotopic (exact) mass is 1290 g/mol. The van der Waals surface area contributed by atoms with Gasteiger partial charge in [-0.15, -0.1) is 161 Å².